The summed E-state index contributed by atoms with van der Waals surface area (Å²) in [5, 5.41) is 0. The third kappa shape index (κ3) is 2.54. The summed E-state index contributed by atoms with van der Waals surface area (Å²) < 4.78 is 38.0. The number of hydrogen-bond donors (Lipinski definition) is 0. The van der Waals surface area contributed by atoms with Gasteiger partial charge in [-0.1, -0.05) is 0 Å². The Balaban J connectivity index is 2.30. The molecule has 1 atom stereocenters. The highest BCUT2D eigenvalue weighted by atomic mass is 32.2. The largest absolute Gasteiger partial charge is 0.259 e. The molecule has 0 radical (unpaired) electrons. The Labute approximate surface area is 115 Å². The van der Waals surface area contributed by atoms with Crippen molar-refractivity contribution in [1.82, 2.24) is 4.31 Å². The molecule has 1 aromatic heterocycles. The molecule has 1 fully saturated rings. The maximum absolute atomic E-state index is 12.4. The molecule has 18 heavy (non-hydrogen) atoms. The summed E-state index contributed by atoms with van der Waals surface area (Å²) in [5.41, 5.74) is 0. The highest BCUT2D eigenvalue weighted by Gasteiger charge is 2.39. The van der Waals surface area contributed by atoms with E-state index in [0.29, 0.717) is 23.1 Å². The first-order chi connectivity index (χ1) is 8.23. The van der Waals surface area contributed by atoms with Gasteiger partial charge in [-0.3, -0.25) is 4.21 Å². The van der Waals surface area contributed by atoms with Crippen molar-refractivity contribution in [2.45, 2.75) is 29.7 Å². The van der Waals surface area contributed by atoms with Crippen LogP contribution in [0, 0.1) is 6.92 Å². The molecule has 7 heteroatoms. The standard InChI is InChI=1S/C11H17NO3S3/c1-9-4-5-10(16-9)18(14,15)12-6-7-17(13)11(2,3)8-12/h4-5H,6-8H2,1-3H3/t17-/m0/s1. The molecule has 0 spiro atoms. The Kier molecular flexibility index (Phi) is 3.70. The fourth-order valence-electron chi connectivity index (χ4n) is 1.92. The zero-order valence-electron chi connectivity index (χ0n) is 10.7. The lowest BCUT2D eigenvalue weighted by Crippen LogP contribution is -2.51. The van der Waals surface area contributed by atoms with Crippen molar-refractivity contribution in [2.24, 2.45) is 0 Å². The fraction of sp³-hybridized carbons (Fsp3) is 0.636. The van der Waals surface area contributed by atoms with Crippen LogP contribution in [-0.4, -0.2) is 40.5 Å². The molecule has 0 unspecified atom stereocenters. The summed E-state index contributed by atoms with van der Waals surface area (Å²) >= 11 is 1.28. The highest BCUT2D eigenvalue weighted by molar-refractivity contribution is 7.91. The Bertz CT molecular complexity index is 574. The molecule has 2 rings (SSSR count). The minimum absolute atomic E-state index is 0.318. The third-order valence-corrected chi connectivity index (χ3v) is 8.24. The van der Waals surface area contributed by atoms with Crippen LogP contribution in [0.4, 0.5) is 0 Å². The third-order valence-electron chi connectivity index (χ3n) is 3.01. The number of sulfonamides is 1. The summed E-state index contributed by atoms with van der Waals surface area (Å²) in [6, 6.07) is 3.46. The van der Waals surface area contributed by atoms with Crippen molar-refractivity contribution >= 4 is 32.2 Å². The minimum Gasteiger partial charge on any atom is -0.259 e. The van der Waals surface area contributed by atoms with Gasteiger partial charge < -0.3 is 0 Å². The maximum Gasteiger partial charge on any atom is 0.252 e. The van der Waals surface area contributed by atoms with Crippen LogP contribution in [-0.2, 0) is 20.8 Å². The van der Waals surface area contributed by atoms with E-state index in [1.54, 1.807) is 6.07 Å². The molecule has 1 aromatic rings. The number of nitrogens with zero attached hydrogens (tertiary/aromatic N) is 1. The van der Waals surface area contributed by atoms with Crippen LogP contribution in [0.1, 0.15) is 18.7 Å². The van der Waals surface area contributed by atoms with Crippen molar-refractivity contribution in [3.8, 4) is 0 Å². The molecule has 1 aliphatic rings. The predicted molar refractivity (Wildman–Crippen MR) is 74.9 cm³/mol. The molecule has 2 heterocycles. The number of aryl methyl sites for hydroxylation is 1. The predicted octanol–water partition coefficient (Wildman–Crippen LogP) is 1.59. The van der Waals surface area contributed by atoms with Gasteiger partial charge in [-0.2, -0.15) is 4.31 Å². The lowest BCUT2D eigenvalue weighted by Gasteiger charge is -2.36. The zero-order chi connectivity index (χ0) is 13.6. The van der Waals surface area contributed by atoms with Gasteiger partial charge in [-0.05, 0) is 32.9 Å². The van der Waals surface area contributed by atoms with Gasteiger partial charge in [0.15, 0.2) is 0 Å². The summed E-state index contributed by atoms with van der Waals surface area (Å²) in [6.45, 7) is 6.25. The van der Waals surface area contributed by atoms with Crippen molar-refractivity contribution in [1.29, 1.82) is 0 Å². The number of thiophene rings is 1. The SMILES string of the molecule is Cc1ccc(S(=O)(=O)N2CC[S@](=O)C(C)(C)C2)s1. The first-order valence-electron chi connectivity index (χ1n) is 5.68. The molecule has 0 amide bonds. The van der Waals surface area contributed by atoms with Crippen molar-refractivity contribution in [3.05, 3.63) is 17.0 Å². The molecule has 102 valence electrons. The van der Waals surface area contributed by atoms with E-state index >= 15 is 0 Å². The molecule has 0 aliphatic carbocycles. The van der Waals surface area contributed by atoms with Crippen molar-refractivity contribution in [2.75, 3.05) is 18.8 Å². The quantitative estimate of drug-likeness (QED) is 0.834. The topological polar surface area (TPSA) is 54.5 Å². The van der Waals surface area contributed by atoms with Crippen LogP contribution in [0.2, 0.25) is 0 Å². The lowest BCUT2D eigenvalue weighted by molar-refractivity contribution is 0.379. The van der Waals surface area contributed by atoms with E-state index in [1.807, 2.05) is 26.8 Å². The Morgan fingerprint density at radius 1 is 1.39 bits per heavy atom. The van der Waals surface area contributed by atoms with Crippen LogP contribution in [0.5, 0.6) is 0 Å². The van der Waals surface area contributed by atoms with E-state index < -0.39 is 25.6 Å². The summed E-state index contributed by atoms with van der Waals surface area (Å²) in [6.07, 6.45) is 0. The molecule has 1 saturated heterocycles. The molecule has 0 N–H and O–H groups in total. The van der Waals surface area contributed by atoms with Crippen molar-refractivity contribution in [3.63, 3.8) is 0 Å². The summed E-state index contributed by atoms with van der Waals surface area (Å²) in [5.74, 6) is 0.413. The highest BCUT2D eigenvalue weighted by Crippen LogP contribution is 2.29. The van der Waals surface area contributed by atoms with E-state index in [2.05, 4.69) is 0 Å². The van der Waals surface area contributed by atoms with E-state index in [4.69, 9.17) is 0 Å². The average Bonchev–Trinajstić information content (AvgIpc) is 2.69. The number of rotatable bonds is 2. The van der Waals surface area contributed by atoms with E-state index in [1.165, 1.54) is 15.6 Å². The molecule has 1 aliphatic heterocycles. The van der Waals surface area contributed by atoms with Gasteiger partial charge >= 0.3 is 0 Å². The van der Waals surface area contributed by atoms with Gasteiger partial charge in [0.1, 0.15) is 4.21 Å². The molecular formula is C11H17NO3S3. The van der Waals surface area contributed by atoms with Crippen LogP contribution in [0.3, 0.4) is 0 Å². The van der Waals surface area contributed by atoms with Crippen LogP contribution < -0.4 is 0 Å². The maximum atomic E-state index is 12.4. The molecule has 0 saturated carbocycles. The molecule has 4 nitrogen and oxygen atoms in total. The molecule has 0 aromatic carbocycles. The van der Waals surface area contributed by atoms with Gasteiger partial charge in [-0.25, -0.2) is 8.42 Å². The zero-order valence-corrected chi connectivity index (χ0v) is 13.1. The second-order valence-corrected chi connectivity index (χ2v) is 10.7. The van der Waals surface area contributed by atoms with Gasteiger partial charge in [0.25, 0.3) is 10.0 Å². The van der Waals surface area contributed by atoms with Gasteiger partial charge in [0.05, 0.1) is 4.75 Å². The van der Waals surface area contributed by atoms with Gasteiger partial charge in [-0.15, -0.1) is 11.3 Å². The Hall–Kier alpha value is -0.240. The summed E-state index contributed by atoms with van der Waals surface area (Å²) in [4.78, 5) is 0.980. The first kappa shape index (κ1) is 14.2. The number of hydrogen-bond acceptors (Lipinski definition) is 4. The van der Waals surface area contributed by atoms with E-state index in [0.717, 1.165) is 4.88 Å². The monoisotopic (exact) mass is 307 g/mol. The average molecular weight is 307 g/mol. The second-order valence-electron chi connectivity index (χ2n) is 5.01. The fourth-order valence-corrected chi connectivity index (χ4v) is 6.40. The van der Waals surface area contributed by atoms with Gasteiger partial charge in [0, 0.05) is 34.5 Å². The Morgan fingerprint density at radius 3 is 2.56 bits per heavy atom. The summed E-state index contributed by atoms with van der Waals surface area (Å²) in [7, 11) is -4.38. The van der Waals surface area contributed by atoms with E-state index in [-0.39, 0.29) is 0 Å². The minimum atomic E-state index is -3.42. The van der Waals surface area contributed by atoms with Crippen LogP contribution in [0.15, 0.2) is 16.3 Å². The van der Waals surface area contributed by atoms with Crippen LogP contribution in [0.25, 0.3) is 0 Å². The molecular weight excluding hydrogens is 290 g/mol. The first-order valence-corrected chi connectivity index (χ1v) is 9.26. The Morgan fingerprint density at radius 2 is 2.06 bits per heavy atom. The lowest BCUT2D eigenvalue weighted by atomic mass is 10.2. The molecule has 0 bridgehead atoms. The van der Waals surface area contributed by atoms with Crippen molar-refractivity contribution < 1.29 is 12.6 Å². The van der Waals surface area contributed by atoms with E-state index in [9.17, 15) is 12.6 Å². The van der Waals surface area contributed by atoms with Gasteiger partial charge in [0.2, 0.25) is 0 Å². The smallest absolute Gasteiger partial charge is 0.252 e. The second kappa shape index (κ2) is 4.70. The van der Waals surface area contributed by atoms with Crippen LogP contribution >= 0.6 is 11.3 Å². The normalized spacial score (nSPS) is 25.2.